The Kier molecular flexibility index (Phi) is 7.10. The van der Waals surface area contributed by atoms with Crippen LogP contribution in [0.15, 0.2) is 30.3 Å². The molecule has 27 heavy (non-hydrogen) atoms. The van der Waals surface area contributed by atoms with Crippen molar-refractivity contribution in [1.29, 1.82) is 0 Å². The molecule has 2 saturated heterocycles. The maximum absolute atomic E-state index is 13.2. The van der Waals surface area contributed by atoms with Crippen LogP contribution >= 0.6 is 0 Å². The van der Waals surface area contributed by atoms with E-state index in [0.29, 0.717) is 26.1 Å². The average Bonchev–Trinajstić information content (AvgIpc) is 2.70. The van der Waals surface area contributed by atoms with Gasteiger partial charge >= 0.3 is 6.03 Å². The van der Waals surface area contributed by atoms with E-state index in [1.165, 1.54) is 0 Å². The lowest BCUT2D eigenvalue weighted by molar-refractivity contribution is -0.139. The molecule has 0 atom stereocenters. The number of benzene rings is 1. The molecule has 2 aliphatic rings. The van der Waals surface area contributed by atoms with E-state index in [9.17, 15) is 9.59 Å². The highest BCUT2D eigenvalue weighted by Crippen LogP contribution is 2.25. The lowest BCUT2D eigenvalue weighted by atomic mass is 9.96. The second-order valence-electron chi connectivity index (χ2n) is 7.36. The molecule has 2 heterocycles. The van der Waals surface area contributed by atoms with Crippen molar-refractivity contribution in [3.8, 4) is 0 Å². The zero-order valence-corrected chi connectivity index (χ0v) is 16.2. The topological polar surface area (TPSA) is 61.9 Å². The molecule has 2 aliphatic heterocycles. The highest BCUT2D eigenvalue weighted by atomic mass is 16.5. The zero-order chi connectivity index (χ0) is 19.1. The van der Waals surface area contributed by atoms with Crippen LogP contribution in [-0.4, -0.2) is 66.7 Å². The highest BCUT2D eigenvalue weighted by molar-refractivity contribution is 5.79. The number of urea groups is 1. The number of carbonyl (C=O) groups is 2. The number of carbonyl (C=O) groups excluding carboxylic acids is 2. The zero-order valence-electron chi connectivity index (χ0n) is 16.2. The smallest absolute Gasteiger partial charge is 0.317 e. The summed E-state index contributed by atoms with van der Waals surface area (Å²) in [6, 6.07) is 10.4. The van der Waals surface area contributed by atoms with Gasteiger partial charge in [-0.3, -0.25) is 4.79 Å². The van der Waals surface area contributed by atoms with Gasteiger partial charge in [0.15, 0.2) is 0 Å². The molecule has 6 nitrogen and oxygen atoms in total. The van der Waals surface area contributed by atoms with Gasteiger partial charge in [0.05, 0.1) is 6.42 Å². The summed E-state index contributed by atoms with van der Waals surface area (Å²) in [6.45, 7) is 5.42. The number of piperidine rings is 1. The Morgan fingerprint density at radius 3 is 2.33 bits per heavy atom. The molecular formula is C21H31N3O3. The standard InChI is InChI=1S/C21H31N3O3/c1-2-22-21(26)23-12-8-18(9-13-23)24(19-10-14-27-15-11-19)20(25)16-17-6-4-3-5-7-17/h3-7,18-19H,2,8-16H2,1H3,(H,22,26). The Hall–Kier alpha value is -2.08. The number of rotatable bonds is 5. The second-order valence-corrected chi connectivity index (χ2v) is 7.36. The lowest BCUT2D eigenvalue weighted by Gasteiger charge is -2.43. The first-order chi connectivity index (χ1) is 13.2. The van der Waals surface area contributed by atoms with Gasteiger partial charge in [-0.05, 0) is 38.2 Å². The van der Waals surface area contributed by atoms with E-state index < -0.39 is 0 Å². The minimum Gasteiger partial charge on any atom is -0.381 e. The van der Waals surface area contributed by atoms with Gasteiger partial charge in [-0.15, -0.1) is 0 Å². The molecule has 0 saturated carbocycles. The van der Waals surface area contributed by atoms with Crippen LogP contribution in [0.1, 0.15) is 38.2 Å². The van der Waals surface area contributed by atoms with Gasteiger partial charge in [-0.25, -0.2) is 4.79 Å². The first kappa shape index (κ1) is 19.7. The third-order valence-corrected chi connectivity index (χ3v) is 5.54. The Balaban J connectivity index is 1.67. The molecule has 2 fully saturated rings. The summed E-state index contributed by atoms with van der Waals surface area (Å²) in [6.07, 6.45) is 3.92. The fourth-order valence-electron chi connectivity index (χ4n) is 4.14. The van der Waals surface area contributed by atoms with Crippen LogP contribution < -0.4 is 5.32 Å². The van der Waals surface area contributed by atoms with Crippen molar-refractivity contribution in [2.75, 3.05) is 32.8 Å². The fourth-order valence-corrected chi connectivity index (χ4v) is 4.14. The van der Waals surface area contributed by atoms with Gasteiger partial charge in [0.1, 0.15) is 0 Å². The van der Waals surface area contributed by atoms with Gasteiger partial charge in [-0.2, -0.15) is 0 Å². The maximum atomic E-state index is 13.2. The van der Waals surface area contributed by atoms with Gasteiger partial charge in [-0.1, -0.05) is 30.3 Å². The summed E-state index contributed by atoms with van der Waals surface area (Å²) < 4.78 is 5.51. The van der Waals surface area contributed by atoms with Crippen molar-refractivity contribution in [3.63, 3.8) is 0 Å². The van der Waals surface area contributed by atoms with E-state index in [1.54, 1.807) is 0 Å². The monoisotopic (exact) mass is 373 g/mol. The molecule has 0 radical (unpaired) electrons. The molecule has 6 heteroatoms. The second kappa shape index (κ2) is 9.74. The number of nitrogens with zero attached hydrogens (tertiary/aromatic N) is 2. The summed E-state index contributed by atoms with van der Waals surface area (Å²) in [5.74, 6) is 0.199. The van der Waals surface area contributed by atoms with Crippen LogP contribution in [0.4, 0.5) is 4.79 Å². The van der Waals surface area contributed by atoms with E-state index in [-0.39, 0.29) is 24.0 Å². The number of hydrogen-bond acceptors (Lipinski definition) is 3. The predicted molar refractivity (Wildman–Crippen MR) is 105 cm³/mol. The third-order valence-electron chi connectivity index (χ3n) is 5.54. The van der Waals surface area contributed by atoms with E-state index in [4.69, 9.17) is 4.74 Å². The molecular weight excluding hydrogens is 342 g/mol. The third kappa shape index (κ3) is 5.22. The molecule has 0 aromatic heterocycles. The minimum absolute atomic E-state index is 0.00387. The summed E-state index contributed by atoms with van der Waals surface area (Å²) in [5.41, 5.74) is 1.05. The number of likely N-dealkylation sites (tertiary alicyclic amines) is 1. The van der Waals surface area contributed by atoms with E-state index in [1.807, 2.05) is 42.2 Å². The Bertz CT molecular complexity index is 608. The molecule has 0 aliphatic carbocycles. The van der Waals surface area contributed by atoms with Crippen molar-refractivity contribution in [3.05, 3.63) is 35.9 Å². The molecule has 3 amide bonds. The molecule has 1 aromatic carbocycles. The van der Waals surface area contributed by atoms with E-state index >= 15 is 0 Å². The number of nitrogens with one attached hydrogen (secondary N) is 1. The van der Waals surface area contributed by atoms with Crippen molar-refractivity contribution in [1.82, 2.24) is 15.1 Å². The molecule has 0 bridgehead atoms. The normalized spacial score (nSPS) is 18.9. The van der Waals surface area contributed by atoms with Gasteiger partial charge in [0.25, 0.3) is 0 Å². The van der Waals surface area contributed by atoms with Gasteiger partial charge in [0.2, 0.25) is 5.91 Å². The van der Waals surface area contributed by atoms with Crippen molar-refractivity contribution in [2.45, 2.75) is 51.1 Å². The number of amides is 3. The van der Waals surface area contributed by atoms with Crippen LogP contribution in [0.3, 0.4) is 0 Å². The van der Waals surface area contributed by atoms with Crippen molar-refractivity contribution in [2.24, 2.45) is 0 Å². The summed E-state index contributed by atoms with van der Waals surface area (Å²) in [4.78, 5) is 29.3. The van der Waals surface area contributed by atoms with E-state index in [2.05, 4.69) is 10.2 Å². The summed E-state index contributed by atoms with van der Waals surface area (Å²) >= 11 is 0. The predicted octanol–water partition coefficient (Wildman–Crippen LogP) is 2.43. The van der Waals surface area contributed by atoms with Crippen LogP contribution in [0, 0.1) is 0 Å². The number of hydrogen-bond donors (Lipinski definition) is 1. The van der Waals surface area contributed by atoms with Crippen molar-refractivity contribution >= 4 is 11.9 Å². The van der Waals surface area contributed by atoms with Crippen LogP contribution in [0.25, 0.3) is 0 Å². The molecule has 148 valence electrons. The van der Waals surface area contributed by atoms with Crippen LogP contribution in [0.5, 0.6) is 0 Å². The SMILES string of the molecule is CCNC(=O)N1CCC(N(C(=O)Cc2ccccc2)C2CCOCC2)CC1. The molecule has 1 N–H and O–H groups in total. The summed E-state index contributed by atoms with van der Waals surface area (Å²) in [7, 11) is 0. The highest BCUT2D eigenvalue weighted by Gasteiger charge is 2.34. The largest absolute Gasteiger partial charge is 0.381 e. The maximum Gasteiger partial charge on any atom is 0.317 e. The fraction of sp³-hybridized carbons (Fsp3) is 0.619. The number of ether oxygens (including phenoxy) is 1. The first-order valence-electron chi connectivity index (χ1n) is 10.1. The van der Waals surface area contributed by atoms with Gasteiger partial charge < -0.3 is 19.9 Å². The molecule has 0 spiro atoms. The minimum atomic E-state index is 0.00387. The molecule has 3 rings (SSSR count). The molecule has 1 aromatic rings. The van der Waals surface area contributed by atoms with Crippen LogP contribution in [0.2, 0.25) is 0 Å². The van der Waals surface area contributed by atoms with Crippen LogP contribution in [-0.2, 0) is 16.0 Å². The van der Waals surface area contributed by atoms with E-state index in [0.717, 1.165) is 44.5 Å². The Labute approximate surface area is 161 Å². The first-order valence-corrected chi connectivity index (χ1v) is 10.1. The Morgan fingerprint density at radius 1 is 1.07 bits per heavy atom. The summed E-state index contributed by atoms with van der Waals surface area (Å²) in [5, 5.41) is 2.87. The van der Waals surface area contributed by atoms with Gasteiger partial charge in [0, 0.05) is 44.9 Å². The quantitative estimate of drug-likeness (QED) is 0.862. The Morgan fingerprint density at radius 2 is 1.70 bits per heavy atom. The molecule has 0 unspecified atom stereocenters. The lowest BCUT2D eigenvalue weighted by Crippen LogP contribution is -2.55. The average molecular weight is 373 g/mol. The van der Waals surface area contributed by atoms with Crippen molar-refractivity contribution < 1.29 is 14.3 Å².